The zero-order valence-corrected chi connectivity index (χ0v) is 15.7. The maximum absolute atomic E-state index is 13.1. The van der Waals surface area contributed by atoms with Gasteiger partial charge >= 0.3 is 13.6 Å². The van der Waals surface area contributed by atoms with Crippen LogP contribution in [0.1, 0.15) is 19.4 Å². The van der Waals surface area contributed by atoms with Crippen LogP contribution >= 0.6 is 7.60 Å². The van der Waals surface area contributed by atoms with E-state index in [1.165, 1.54) is 0 Å². The number of methoxy groups -OCH3 is 1. The second-order valence-electron chi connectivity index (χ2n) is 5.39. The fourth-order valence-corrected chi connectivity index (χ4v) is 4.32. The lowest BCUT2D eigenvalue weighted by Crippen LogP contribution is -2.49. The topological polar surface area (TPSA) is 143 Å². The molecule has 0 spiro atoms. The summed E-state index contributed by atoms with van der Waals surface area (Å²) in [7, 11) is -2.97. The predicted octanol–water partition coefficient (Wildman–Crippen LogP) is 1.40. The van der Waals surface area contributed by atoms with E-state index in [2.05, 4.69) is 5.32 Å². The summed E-state index contributed by atoms with van der Waals surface area (Å²) in [5.41, 5.74) is 10.1. The largest absolute Gasteiger partial charge is 0.466 e. The standard InChI is InChI=1S/C16H22N3O6P/c1-4-24-26(22,25-5-2)13(17)12(14(20)23-3)16(18)10-8-6-7-9-11(10)19-15(16)21/h6-9H,4-5,17-18H2,1-3H3,(H,19,21)/b13-12+. The van der Waals surface area contributed by atoms with Crippen molar-refractivity contribution in [2.24, 2.45) is 11.5 Å². The molecule has 0 aromatic heterocycles. The Morgan fingerprint density at radius 1 is 1.23 bits per heavy atom. The van der Waals surface area contributed by atoms with Gasteiger partial charge in [-0.2, -0.15) is 0 Å². The minimum atomic E-state index is -4.07. The van der Waals surface area contributed by atoms with Crippen molar-refractivity contribution in [3.63, 3.8) is 0 Å². The van der Waals surface area contributed by atoms with E-state index in [0.717, 1.165) is 7.11 Å². The summed E-state index contributed by atoms with van der Waals surface area (Å²) in [5.74, 6) is -1.71. The molecule has 0 saturated carbocycles. The smallest absolute Gasteiger partial charge is 0.377 e. The molecule has 142 valence electrons. The summed E-state index contributed by atoms with van der Waals surface area (Å²) in [6.07, 6.45) is 0. The molecule has 0 fully saturated rings. The number of amides is 1. The first-order chi connectivity index (χ1) is 12.3. The van der Waals surface area contributed by atoms with Gasteiger partial charge in [0.05, 0.1) is 20.3 Å². The molecule has 1 aliphatic rings. The van der Waals surface area contributed by atoms with E-state index in [1.54, 1.807) is 38.1 Å². The second kappa shape index (κ2) is 7.59. The number of anilines is 1. The van der Waals surface area contributed by atoms with Gasteiger partial charge in [0.1, 0.15) is 11.0 Å². The van der Waals surface area contributed by atoms with E-state index in [9.17, 15) is 14.2 Å². The Hall–Kier alpha value is -2.19. The van der Waals surface area contributed by atoms with Crippen LogP contribution < -0.4 is 16.8 Å². The monoisotopic (exact) mass is 383 g/mol. The molecule has 9 nitrogen and oxygen atoms in total. The molecule has 1 heterocycles. The van der Waals surface area contributed by atoms with Crippen LogP contribution in [0.25, 0.3) is 0 Å². The molecule has 0 bridgehead atoms. The van der Waals surface area contributed by atoms with Crippen molar-refractivity contribution in [2.45, 2.75) is 19.4 Å². The number of benzene rings is 1. The number of fused-ring (bicyclic) bond motifs is 1. The molecule has 2 rings (SSSR count). The van der Waals surface area contributed by atoms with Crippen molar-refractivity contribution < 1.29 is 27.9 Å². The Balaban J connectivity index is 2.78. The van der Waals surface area contributed by atoms with E-state index in [4.69, 9.17) is 25.3 Å². The molecule has 10 heteroatoms. The quantitative estimate of drug-likeness (QED) is 0.364. The van der Waals surface area contributed by atoms with Crippen molar-refractivity contribution in [1.82, 2.24) is 0 Å². The van der Waals surface area contributed by atoms with E-state index < -0.39 is 36.0 Å². The van der Waals surface area contributed by atoms with Gasteiger partial charge in [-0.05, 0) is 19.9 Å². The number of nitrogens with one attached hydrogen (secondary N) is 1. The zero-order valence-electron chi connectivity index (χ0n) is 14.8. The molecule has 0 saturated heterocycles. The Labute approximate surface area is 151 Å². The number of esters is 1. The number of ether oxygens (including phenoxy) is 1. The van der Waals surface area contributed by atoms with Crippen molar-refractivity contribution in [3.05, 3.63) is 40.8 Å². The van der Waals surface area contributed by atoms with Crippen molar-refractivity contribution in [3.8, 4) is 0 Å². The first-order valence-electron chi connectivity index (χ1n) is 7.94. The lowest BCUT2D eigenvalue weighted by atomic mass is 9.85. The highest BCUT2D eigenvalue weighted by Crippen LogP contribution is 2.57. The van der Waals surface area contributed by atoms with E-state index in [1.807, 2.05) is 0 Å². The fourth-order valence-electron chi connectivity index (χ4n) is 2.75. The van der Waals surface area contributed by atoms with Gasteiger partial charge in [-0.25, -0.2) is 4.79 Å². The Morgan fingerprint density at radius 3 is 2.35 bits per heavy atom. The van der Waals surface area contributed by atoms with Crippen LogP contribution in [-0.2, 0) is 33.5 Å². The molecule has 26 heavy (non-hydrogen) atoms. The molecule has 1 atom stereocenters. The number of carbonyl (C=O) groups excluding carboxylic acids is 2. The summed E-state index contributed by atoms with van der Waals surface area (Å²) in [6.45, 7) is 3.19. The fraction of sp³-hybridized carbons (Fsp3) is 0.375. The third kappa shape index (κ3) is 3.14. The molecule has 5 N–H and O–H groups in total. The van der Waals surface area contributed by atoms with Gasteiger partial charge < -0.3 is 30.6 Å². The number of hydrogen-bond acceptors (Lipinski definition) is 8. The Morgan fingerprint density at radius 2 is 1.81 bits per heavy atom. The first kappa shape index (κ1) is 20.1. The lowest BCUT2D eigenvalue weighted by Gasteiger charge is -2.28. The number of carbonyl (C=O) groups is 2. The predicted molar refractivity (Wildman–Crippen MR) is 95.0 cm³/mol. The Bertz CT molecular complexity index is 799. The molecule has 1 aromatic rings. The molecule has 1 aromatic carbocycles. The van der Waals surface area contributed by atoms with Gasteiger partial charge in [0.25, 0.3) is 5.91 Å². The van der Waals surface area contributed by atoms with Gasteiger partial charge in [0.15, 0.2) is 5.54 Å². The number of para-hydroxylation sites is 1. The number of rotatable bonds is 7. The SMILES string of the molecule is CCOP(=O)(OCC)/C(N)=C(\C(=O)OC)C1(N)C(=O)Nc2ccccc21. The van der Waals surface area contributed by atoms with Crippen LogP contribution in [0.2, 0.25) is 0 Å². The van der Waals surface area contributed by atoms with Crippen molar-refractivity contribution in [1.29, 1.82) is 0 Å². The minimum Gasteiger partial charge on any atom is -0.466 e. The van der Waals surface area contributed by atoms with Crippen LogP contribution in [0.4, 0.5) is 5.69 Å². The molecule has 0 aliphatic carbocycles. The molecular formula is C16H22N3O6P. The van der Waals surface area contributed by atoms with Crippen LogP contribution in [0.3, 0.4) is 0 Å². The van der Waals surface area contributed by atoms with Gasteiger partial charge in [-0.1, -0.05) is 18.2 Å². The van der Waals surface area contributed by atoms with Crippen LogP contribution in [0, 0.1) is 0 Å². The maximum Gasteiger partial charge on any atom is 0.377 e. The minimum absolute atomic E-state index is 0.00673. The summed E-state index contributed by atoms with van der Waals surface area (Å²) in [5, 5.41) is 2.58. The molecule has 0 radical (unpaired) electrons. The highest BCUT2D eigenvalue weighted by Gasteiger charge is 2.53. The summed E-state index contributed by atoms with van der Waals surface area (Å²) < 4.78 is 28.2. The summed E-state index contributed by atoms with van der Waals surface area (Å²) >= 11 is 0. The highest BCUT2D eigenvalue weighted by molar-refractivity contribution is 7.58. The van der Waals surface area contributed by atoms with Gasteiger partial charge in [0, 0.05) is 11.3 Å². The third-order valence-electron chi connectivity index (χ3n) is 3.89. The lowest BCUT2D eigenvalue weighted by molar-refractivity contribution is -0.138. The van der Waals surface area contributed by atoms with Crippen molar-refractivity contribution >= 4 is 25.2 Å². The number of nitrogens with two attached hydrogens (primary N) is 2. The van der Waals surface area contributed by atoms with Crippen LogP contribution in [-0.4, -0.2) is 32.2 Å². The molecular weight excluding hydrogens is 361 g/mol. The third-order valence-corrected chi connectivity index (χ3v) is 5.90. The van der Waals surface area contributed by atoms with Crippen LogP contribution in [0.15, 0.2) is 35.3 Å². The van der Waals surface area contributed by atoms with Crippen LogP contribution in [0.5, 0.6) is 0 Å². The highest BCUT2D eigenvalue weighted by atomic mass is 31.2. The Kier molecular flexibility index (Phi) is 5.87. The zero-order chi connectivity index (χ0) is 19.5. The summed E-state index contributed by atoms with van der Waals surface area (Å²) in [4.78, 5) is 25.2. The van der Waals surface area contributed by atoms with Gasteiger partial charge in [-0.15, -0.1) is 0 Å². The van der Waals surface area contributed by atoms with Crippen molar-refractivity contribution in [2.75, 3.05) is 25.6 Å². The molecule has 1 aliphatic heterocycles. The van der Waals surface area contributed by atoms with E-state index >= 15 is 0 Å². The molecule has 1 amide bonds. The maximum atomic E-state index is 13.1. The number of hydrogen-bond donors (Lipinski definition) is 3. The van der Waals surface area contributed by atoms with E-state index in [0.29, 0.717) is 11.3 Å². The summed E-state index contributed by atoms with van der Waals surface area (Å²) in [6, 6.07) is 6.53. The first-order valence-corrected chi connectivity index (χ1v) is 9.48. The normalized spacial score (nSPS) is 20.2. The van der Waals surface area contributed by atoms with E-state index in [-0.39, 0.29) is 13.2 Å². The van der Waals surface area contributed by atoms with Gasteiger partial charge in [-0.3, -0.25) is 9.36 Å². The van der Waals surface area contributed by atoms with Gasteiger partial charge in [0.2, 0.25) is 0 Å². The molecule has 1 unspecified atom stereocenters. The second-order valence-corrected chi connectivity index (χ2v) is 7.39. The average Bonchev–Trinajstić information content (AvgIpc) is 2.87. The average molecular weight is 383 g/mol.